The number of benzene rings is 1. The number of carbonyl (C=O) groups is 2. The summed E-state index contributed by atoms with van der Waals surface area (Å²) in [5.74, 6) is 0.843. The number of urea groups is 1. The molecule has 1 aromatic carbocycles. The number of amides is 3. The lowest BCUT2D eigenvalue weighted by molar-refractivity contribution is -0.127. The highest BCUT2D eigenvalue weighted by atomic mass is 16.5. The molecule has 0 spiro atoms. The Labute approximate surface area is 153 Å². The van der Waals surface area contributed by atoms with Gasteiger partial charge in [0.2, 0.25) is 0 Å². The van der Waals surface area contributed by atoms with Crippen LogP contribution in [-0.2, 0) is 11.3 Å². The van der Waals surface area contributed by atoms with Crippen LogP contribution in [0.2, 0.25) is 0 Å². The molecule has 26 heavy (non-hydrogen) atoms. The summed E-state index contributed by atoms with van der Waals surface area (Å²) >= 11 is 0. The van der Waals surface area contributed by atoms with Crippen LogP contribution in [-0.4, -0.2) is 47.7 Å². The number of imide groups is 1. The standard InChI is InChI=1S/C19H27N3O4/c1-3-9-19(17(24)20-18(25)21-19)13-7-10-22(11-8-13)12-14-15(23)5-4-6-16(14)26-2/h4-6,13,23H,3,7-12H2,1-2H3,(H2,20,21,24,25). The second-order valence-electron chi connectivity index (χ2n) is 7.14. The van der Waals surface area contributed by atoms with Crippen molar-refractivity contribution in [3.8, 4) is 11.5 Å². The van der Waals surface area contributed by atoms with Gasteiger partial charge in [-0.2, -0.15) is 0 Å². The molecule has 3 amide bonds. The first-order valence-electron chi connectivity index (χ1n) is 9.21. The molecule has 1 unspecified atom stereocenters. The Morgan fingerprint density at radius 1 is 1.31 bits per heavy atom. The number of likely N-dealkylation sites (tertiary alicyclic amines) is 1. The van der Waals surface area contributed by atoms with Crippen LogP contribution in [0.4, 0.5) is 4.79 Å². The molecule has 2 aliphatic rings. The number of aromatic hydroxyl groups is 1. The van der Waals surface area contributed by atoms with E-state index in [4.69, 9.17) is 4.74 Å². The summed E-state index contributed by atoms with van der Waals surface area (Å²) in [7, 11) is 1.60. The number of nitrogens with zero attached hydrogens (tertiary/aromatic N) is 1. The highest BCUT2D eigenvalue weighted by Crippen LogP contribution is 2.36. The Kier molecular flexibility index (Phi) is 5.36. The molecule has 7 nitrogen and oxygen atoms in total. The van der Waals surface area contributed by atoms with Crippen LogP contribution in [0.15, 0.2) is 18.2 Å². The maximum Gasteiger partial charge on any atom is 0.322 e. The summed E-state index contributed by atoms with van der Waals surface area (Å²) in [6.07, 6.45) is 3.14. The molecule has 2 heterocycles. The summed E-state index contributed by atoms with van der Waals surface area (Å²) in [5.41, 5.74) is 0.00783. The average molecular weight is 361 g/mol. The fourth-order valence-corrected chi connectivity index (χ4v) is 4.28. The third-order valence-electron chi connectivity index (χ3n) is 5.61. The summed E-state index contributed by atoms with van der Waals surface area (Å²) in [6.45, 7) is 4.23. The predicted molar refractivity (Wildman–Crippen MR) is 97.0 cm³/mol. The molecule has 0 aliphatic carbocycles. The van der Waals surface area contributed by atoms with Crippen molar-refractivity contribution >= 4 is 11.9 Å². The number of nitrogens with one attached hydrogen (secondary N) is 2. The molecule has 2 saturated heterocycles. The van der Waals surface area contributed by atoms with Crippen molar-refractivity contribution in [1.82, 2.24) is 15.5 Å². The SMILES string of the molecule is CCCC1(C2CCN(Cc3c(O)cccc3OC)CC2)NC(=O)NC1=O. The van der Waals surface area contributed by atoms with Crippen LogP contribution in [0.25, 0.3) is 0 Å². The first kappa shape index (κ1) is 18.5. The van der Waals surface area contributed by atoms with Crippen LogP contribution in [0, 0.1) is 5.92 Å². The smallest absolute Gasteiger partial charge is 0.322 e. The quantitative estimate of drug-likeness (QED) is 0.674. The molecule has 0 bridgehead atoms. The lowest BCUT2D eigenvalue weighted by atomic mass is 9.75. The van der Waals surface area contributed by atoms with Gasteiger partial charge in [-0.1, -0.05) is 19.4 Å². The first-order valence-corrected chi connectivity index (χ1v) is 9.21. The number of rotatable bonds is 6. The van der Waals surface area contributed by atoms with Crippen molar-refractivity contribution in [3.05, 3.63) is 23.8 Å². The number of phenols is 1. The molecule has 142 valence electrons. The van der Waals surface area contributed by atoms with Gasteiger partial charge >= 0.3 is 6.03 Å². The minimum atomic E-state index is -0.773. The summed E-state index contributed by atoms with van der Waals surface area (Å²) in [4.78, 5) is 26.4. The molecular weight excluding hydrogens is 334 g/mol. The van der Waals surface area contributed by atoms with Gasteiger partial charge in [0, 0.05) is 12.1 Å². The van der Waals surface area contributed by atoms with Crippen LogP contribution < -0.4 is 15.4 Å². The fraction of sp³-hybridized carbons (Fsp3) is 0.579. The van der Waals surface area contributed by atoms with E-state index < -0.39 is 5.54 Å². The number of hydrogen-bond donors (Lipinski definition) is 3. The number of hydrogen-bond acceptors (Lipinski definition) is 5. The molecule has 2 aliphatic heterocycles. The molecule has 0 saturated carbocycles. The van der Waals surface area contributed by atoms with Gasteiger partial charge in [-0.25, -0.2) is 4.79 Å². The van der Waals surface area contributed by atoms with E-state index in [0.717, 1.165) is 37.9 Å². The Hall–Kier alpha value is -2.28. The zero-order chi connectivity index (χ0) is 18.7. The van der Waals surface area contributed by atoms with Gasteiger partial charge in [0.05, 0.1) is 7.11 Å². The van der Waals surface area contributed by atoms with E-state index in [2.05, 4.69) is 15.5 Å². The van der Waals surface area contributed by atoms with Crippen molar-refractivity contribution in [2.75, 3.05) is 20.2 Å². The lowest BCUT2D eigenvalue weighted by Crippen LogP contribution is -2.55. The van der Waals surface area contributed by atoms with Gasteiger partial charge in [0.15, 0.2) is 0 Å². The second kappa shape index (κ2) is 7.53. The predicted octanol–water partition coefficient (Wildman–Crippen LogP) is 1.99. The van der Waals surface area contributed by atoms with E-state index in [-0.39, 0.29) is 23.6 Å². The van der Waals surface area contributed by atoms with Crippen LogP contribution >= 0.6 is 0 Å². The van der Waals surface area contributed by atoms with Gasteiger partial charge < -0.3 is 15.2 Å². The van der Waals surface area contributed by atoms with Crippen LogP contribution in [0.1, 0.15) is 38.2 Å². The zero-order valence-corrected chi connectivity index (χ0v) is 15.4. The molecular formula is C19H27N3O4. The first-order chi connectivity index (χ1) is 12.5. The lowest BCUT2D eigenvalue weighted by Gasteiger charge is -2.40. The van der Waals surface area contributed by atoms with E-state index in [9.17, 15) is 14.7 Å². The average Bonchev–Trinajstić information content (AvgIpc) is 2.92. The van der Waals surface area contributed by atoms with E-state index in [1.165, 1.54) is 0 Å². The Bertz CT molecular complexity index is 685. The fourth-order valence-electron chi connectivity index (χ4n) is 4.28. The second-order valence-corrected chi connectivity index (χ2v) is 7.14. The molecule has 1 atom stereocenters. The van der Waals surface area contributed by atoms with E-state index in [1.807, 2.05) is 13.0 Å². The third-order valence-corrected chi connectivity index (χ3v) is 5.61. The molecule has 2 fully saturated rings. The monoisotopic (exact) mass is 361 g/mol. The van der Waals surface area contributed by atoms with E-state index in [0.29, 0.717) is 18.7 Å². The number of carbonyl (C=O) groups excluding carboxylic acids is 2. The van der Waals surface area contributed by atoms with E-state index >= 15 is 0 Å². The topological polar surface area (TPSA) is 90.9 Å². The normalized spacial score (nSPS) is 24.4. The van der Waals surface area contributed by atoms with Crippen molar-refractivity contribution in [1.29, 1.82) is 0 Å². The number of piperidine rings is 1. The van der Waals surface area contributed by atoms with Gasteiger partial charge in [0.1, 0.15) is 17.0 Å². The number of methoxy groups -OCH3 is 1. The maximum absolute atomic E-state index is 12.4. The Morgan fingerprint density at radius 3 is 2.62 bits per heavy atom. The van der Waals surface area contributed by atoms with E-state index in [1.54, 1.807) is 19.2 Å². The number of ether oxygens (including phenoxy) is 1. The highest BCUT2D eigenvalue weighted by Gasteiger charge is 2.51. The van der Waals surface area contributed by atoms with Crippen molar-refractivity contribution in [2.45, 2.75) is 44.7 Å². The van der Waals surface area contributed by atoms with Gasteiger partial charge in [-0.3, -0.25) is 15.0 Å². The molecule has 0 radical (unpaired) electrons. The van der Waals surface area contributed by atoms with Crippen molar-refractivity contribution < 1.29 is 19.4 Å². The minimum Gasteiger partial charge on any atom is -0.507 e. The van der Waals surface area contributed by atoms with Gasteiger partial charge in [0.25, 0.3) is 5.91 Å². The van der Waals surface area contributed by atoms with Crippen molar-refractivity contribution in [3.63, 3.8) is 0 Å². The molecule has 3 N–H and O–H groups in total. The third kappa shape index (κ3) is 3.35. The van der Waals surface area contributed by atoms with Gasteiger partial charge in [-0.15, -0.1) is 0 Å². The molecule has 3 rings (SSSR count). The zero-order valence-electron chi connectivity index (χ0n) is 15.4. The highest BCUT2D eigenvalue weighted by molar-refractivity contribution is 6.07. The number of phenolic OH excluding ortho intramolecular Hbond substituents is 1. The largest absolute Gasteiger partial charge is 0.507 e. The summed E-state index contributed by atoms with van der Waals surface area (Å²) < 4.78 is 5.36. The minimum absolute atomic E-state index is 0.122. The molecule has 0 aromatic heterocycles. The Balaban J connectivity index is 1.68. The molecule has 1 aromatic rings. The van der Waals surface area contributed by atoms with Crippen LogP contribution in [0.5, 0.6) is 11.5 Å². The summed E-state index contributed by atoms with van der Waals surface area (Å²) in [5, 5.41) is 15.5. The van der Waals surface area contributed by atoms with Gasteiger partial charge in [-0.05, 0) is 50.4 Å². The Morgan fingerprint density at radius 2 is 2.04 bits per heavy atom. The maximum atomic E-state index is 12.4. The van der Waals surface area contributed by atoms with Crippen molar-refractivity contribution in [2.24, 2.45) is 5.92 Å². The molecule has 7 heteroatoms. The summed E-state index contributed by atoms with van der Waals surface area (Å²) in [6, 6.07) is 4.89. The van der Waals surface area contributed by atoms with Crippen LogP contribution in [0.3, 0.4) is 0 Å².